The fraction of sp³-hybridized carbons (Fsp3) is 0.143. The van der Waals surface area contributed by atoms with Gasteiger partial charge < -0.3 is 5.73 Å². The van der Waals surface area contributed by atoms with E-state index >= 15 is 0 Å². The van der Waals surface area contributed by atoms with Crippen LogP contribution in [0.15, 0.2) is 36.5 Å². The smallest absolute Gasteiger partial charge is 0.399 e. The van der Waals surface area contributed by atoms with Crippen LogP contribution in [0.2, 0.25) is 0 Å². The van der Waals surface area contributed by atoms with Crippen molar-refractivity contribution in [2.24, 2.45) is 0 Å². The Morgan fingerprint density at radius 3 is 2.57 bits per heavy atom. The lowest BCUT2D eigenvalue weighted by molar-refractivity contribution is -0.137. The van der Waals surface area contributed by atoms with Crippen LogP contribution < -0.4 is 5.73 Å². The summed E-state index contributed by atoms with van der Waals surface area (Å²) in [4.78, 5) is 0. The third-order valence-electron chi connectivity index (χ3n) is 3.11. The SMILES string of the molecule is Cc1ccn2c(-c3cc(N)cc(C(F)(F)F)c3)nnc2c1. The zero-order valence-electron chi connectivity index (χ0n) is 11.0. The first-order valence-electron chi connectivity index (χ1n) is 6.14. The molecule has 7 heteroatoms. The minimum absolute atomic E-state index is 0.0312. The molecule has 0 atom stereocenters. The van der Waals surface area contributed by atoms with Gasteiger partial charge in [0.05, 0.1) is 5.56 Å². The van der Waals surface area contributed by atoms with Crippen molar-refractivity contribution in [1.29, 1.82) is 0 Å². The molecular weight excluding hydrogens is 281 g/mol. The average molecular weight is 292 g/mol. The fourth-order valence-corrected chi connectivity index (χ4v) is 2.13. The highest BCUT2D eigenvalue weighted by Crippen LogP contribution is 2.33. The van der Waals surface area contributed by atoms with Gasteiger partial charge in [0.2, 0.25) is 0 Å². The van der Waals surface area contributed by atoms with E-state index in [1.54, 1.807) is 16.7 Å². The van der Waals surface area contributed by atoms with E-state index in [4.69, 9.17) is 5.73 Å². The maximum absolute atomic E-state index is 12.9. The van der Waals surface area contributed by atoms with Gasteiger partial charge in [-0.1, -0.05) is 0 Å². The van der Waals surface area contributed by atoms with Crippen molar-refractivity contribution in [2.75, 3.05) is 5.73 Å². The molecule has 21 heavy (non-hydrogen) atoms. The van der Waals surface area contributed by atoms with Crippen LogP contribution >= 0.6 is 0 Å². The van der Waals surface area contributed by atoms with Crippen molar-refractivity contribution in [1.82, 2.24) is 14.6 Å². The topological polar surface area (TPSA) is 56.2 Å². The lowest BCUT2D eigenvalue weighted by Gasteiger charge is -2.09. The second-order valence-corrected chi connectivity index (χ2v) is 4.80. The van der Waals surface area contributed by atoms with Crippen LogP contribution in [-0.4, -0.2) is 14.6 Å². The summed E-state index contributed by atoms with van der Waals surface area (Å²) < 4.78 is 40.2. The molecule has 4 nitrogen and oxygen atoms in total. The van der Waals surface area contributed by atoms with Crippen molar-refractivity contribution in [3.8, 4) is 11.4 Å². The Labute approximate surface area is 118 Å². The van der Waals surface area contributed by atoms with E-state index in [-0.39, 0.29) is 11.3 Å². The molecule has 0 aliphatic carbocycles. The van der Waals surface area contributed by atoms with Gasteiger partial charge in [-0.2, -0.15) is 13.2 Å². The number of aromatic nitrogens is 3. The molecule has 0 saturated heterocycles. The standard InChI is InChI=1S/C14H11F3N4/c1-8-2-3-21-12(4-8)19-20-13(21)9-5-10(14(15,16)17)7-11(18)6-9/h2-7H,18H2,1H3. The number of pyridine rings is 1. The number of hydrogen-bond donors (Lipinski definition) is 1. The number of nitrogens with two attached hydrogens (primary N) is 1. The van der Waals surface area contributed by atoms with Gasteiger partial charge in [0.1, 0.15) is 0 Å². The summed E-state index contributed by atoms with van der Waals surface area (Å²) in [5, 5.41) is 7.93. The first-order chi connectivity index (χ1) is 9.84. The van der Waals surface area contributed by atoms with Gasteiger partial charge in [-0.05, 0) is 42.8 Å². The highest BCUT2D eigenvalue weighted by atomic mass is 19.4. The number of benzene rings is 1. The molecule has 0 unspecified atom stereocenters. The maximum Gasteiger partial charge on any atom is 0.416 e. The van der Waals surface area contributed by atoms with Gasteiger partial charge in [0.25, 0.3) is 0 Å². The molecular formula is C14H11F3N4. The Kier molecular flexibility index (Phi) is 2.86. The highest BCUT2D eigenvalue weighted by Gasteiger charge is 2.31. The number of nitrogens with zero attached hydrogens (tertiary/aromatic N) is 3. The lowest BCUT2D eigenvalue weighted by atomic mass is 10.1. The number of rotatable bonds is 1. The number of anilines is 1. The summed E-state index contributed by atoms with van der Waals surface area (Å²) in [6.45, 7) is 1.90. The Hall–Kier alpha value is -2.57. The minimum Gasteiger partial charge on any atom is -0.399 e. The Bertz CT molecular complexity index is 821. The molecule has 108 valence electrons. The zero-order valence-corrected chi connectivity index (χ0v) is 11.0. The molecule has 0 fully saturated rings. The van der Waals surface area contributed by atoms with Gasteiger partial charge in [0, 0.05) is 17.4 Å². The van der Waals surface area contributed by atoms with Crippen molar-refractivity contribution in [3.05, 3.63) is 47.7 Å². The molecule has 0 spiro atoms. The van der Waals surface area contributed by atoms with Crippen LogP contribution in [0, 0.1) is 6.92 Å². The summed E-state index contributed by atoms with van der Waals surface area (Å²) in [5.74, 6) is 0.322. The fourth-order valence-electron chi connectivity index (χ4n) is 2.13. The predicted molar refractivity (Wildman–Crippen MR) is 72.6 cm³/mol. The predicted octanol–water partition coefficient (Wildman–Crippen LogP) is 3.31. The van der Waals surface area contributed by atoms with Crippen LogP contribution in [0.1, 0.15) is 11.1 Å². The van der Waals surface area contributed by atoms with E-state index < -0.39 is 11.7 Å². The van der Waals surface area contributed by atoms with Gasteiger partial charge in [0.15, 0.2) is 11.5 Å². The normalized spacial score (nSPS) is 12.0. The molecule has 2 aromatic heterocycles. The van der Waals surface area contributed by atoms with Crippen molar-refractivity contribution < 1.29 is 13.2 Å². The van der Waals surface area contributed by atoms with Crippen LogP contribution in [0.4, 0.5) is 18.9 Å². The molecule has 0 amide bonds. The summed E-state index contributed by atoms with van der Waals surface area (Å²) >= 11 is 0. The number of halogens is 3. The van der Waals surface area contributed by atoms with Crippen LogP contribution in [-0.2, 0) is 6.18 Å². The second kappa shape index (κ2) is 4.47. The molecule has 2 N–H and O–H groups in total. The summed E-state index contributed by atoms with van der Waals surface area (Å²) in [6, 6.07) is 7.00. The third-order valence-corrected chi connectivity index (χ3v) is 3.11. The van der Waals surface area contributed by atoms with Crippen molar-refractivity contribution in [2.45, 2.75) is 13.1 Å². The third kappa shape index (κ3) is 2.42. The molecule has 3 rings (SSSR count). The number of alkyl halides is 3. The Morgan fingerprint density at radius 1 is 1.10 bits per heavy atom. The minimum atomic E-state index is -4.46. The van der Waals surface area contributed by atoms with E-state index in [2.05, 4.69) is 10.2 Å². The van der Waals surface area contributed by atoms with E-state index in [0.29, 0.717) is 11.5 Å². The Balaban J connectivity index is 2.21. The quantitative estimate of drug-likeness (QED) is 0.700. The molecule has 2 heterocycles. The van der Waals surface area contributed by atoms with Crippen molar-refractivity contribution in [3.63, 3.8) is 0 Å². The average Bonchev–Trinajstić information content (AvgIpc) is 2.79. The van der Waals surface area contributed by atoms with Crippen molar-refractivity contribution >= 4 is 11.3 Å². The summed E-state index contributed by atoms with van der Waals surface area (Å²) in [5.41, 5.74) is 6.64. The van der Waals surface area contributed by atoms with Crippen LogP contribution in [0.25, 0.3) is 17.0 Å². The molecule has 0 radical (unpaired) electrons. The molecule has 0 saturated carbocycles. The van der Waals surface area contributed by atoms with Gasteiger partial charge in [-0.25, -0.2) is 0 Å². The molecule has 0 aliphatic heterocycles. The largest absolute Gasteiger partial charge is 0.416 e. The van der Waals surface area contributed by atoms with Crippen LogP contribution in [0.3, 0.4) is 0 Å². The number of fused-ring (bicyclic) bond motifs is 1. The molecule has 0 aliphatic rings. The Morgan fingerprint density at radius 2 is 1.86 bits per heavy atom. The maximum atomic E-state index is 12.9. The van der Waals surface area contributed by atoms with Gasteiger partial charge in [-0.3, -0.25) is 4.40 Å². The lowest BCUT2D eigenvalue weighted by Crippen LogP contribution is -2.06. The monoisotopic (exact) mass is 292 g/mol. The first-order valence-corrected chi connectivity index (χ1v) is 6.14. The number of hydrogen-bond acceptors (Lipinski definition) is 3. The highest BCUT2D eigenvalue weighted by molar-refractivity contribution is 5.65. The molecule has 3 aromatic rings. The van der Waals surface area contributed by atoms with E-state index in [1.165, 1.54) is 6.07 Å². The van der Waals surface area contributed by atoms with Gasteiger partial charge >= 0.3 is 6.18 Å². The molecule has 0 bridgehead atoms. The van der Waals surface area contributed by atoms with E-state index in [0.717, 1.165) is 17.7 Å². The van der Waals surface area contributed by atoms with E-state index in [9.17, 15) is 13.2 Å². The van der Waals surface area contributed by atoms with Crippen LogP contribution in [0.5, 0.6) is 0 Å². The molecule has 1 aromatic carbocycles. The second-order valence-electron chi connectivity index (χ2n) is 4.80. The first kappa shape index (κ1) is 13.4. The summed E-state index contributed by atoms with van der Waals surface area (Å²) in [7, 11) is 0. The number of aryl methyl sites for hydroxylation is 1. The number of nitrogen functional groups attached to an aromatic ring is 1. The van der Waals surface area contributed by atoms with E-state index in [1.807, 2.05) is 13.0 Å². The van der Waals surface area contributed by atoms with Gasteiger partial charge in [-0.15, -0.1) is 10.2 Å². The summed E-state index contributed by atoms with van der Waals surface area (Å²) in [6.07, 6.45) is -2.74. The zero-order chi connectivity index (χ0) is 15.2.